The first-order valence-electron chi connectivity index (χ1n) is 8.67. The van der Waals surface area contributed by atoms with Gasteiger partial charge in [0.2, 0.25) is 0 Å². The summed E-state index contributed by atoms with van der Waals surface area (Å²) in [5.41, 5.74) is 2.13. The number of carbonyl (C=O) groups is 2. The van der Waals surface area contributed by atoms with Crippen LogP contribution in [-0.2, 0) is 0 Å². The summed E-state index contributed by atoms with van der Waals surface area (Å²) in [4.78, 5) is 26.4. The molecule has 26 heavy (non-hydrogen) atoms. The van der Waals surface area contributed by atoms with Crippen molar-refractivity contribution in [2.75, 3.05) is 31.6 Å². The number of hydrogen-bond acceptors (Lipinski definition) is 3. The Labute approximate surface area is 158 Å². The van der Waals surface area contributed by atoms with E-state index in [2.05, 4.69) is 15.5 Å². The zero-order chi connectivity index (χ0) is 18.5. The van der Waals surface area contributed by atoms with Crippen LogP contribution in [0.3, 0.4) is 0 Å². The quantitative estimate of drug-likeness (QED) is 0.849. The summed E-state index contributed by atoms with van der Waals surface area (Å²) in [5, 5.41) is 6.28. The normalized spacial score (nSPS) is 16.4. The zero-order valence-electron chi connectivity index (χ0n) is 14.7. The van der Waals surface area contributed by atoms with E-state index in [1.54, 1.807) is 31.3 Å². The highest BCUT2D eigenvalue weighted by Gasteiger charge is 2.23. The predicted molar refractivity (Wildman–Crippen MR) is 104 cm³/mol. The molecule has 1 aliphatic rings. The molecule has 1 atom stereocenters. The average molecular weight is 372 g/mol. The maximum atomic E-state index is 12.4. The third kappa shape index (κ3) is 4.35. The number of hydrogen-bond donors (Lipinski definition) is 2. The second-order valence-corrected chi connectivity index (χ2v) is 6.88. The molecule has 2 aromatic carbocycles. The molecule has 2 aromatic rings. The molecule has 2 amide bonds. The number of anilines is 1. The highest BCUT2D eigenvalue weighted by molar-refractivity contribution is 6.30. The second kappa shape index (κ2) is 8.23. The number of halogens is 1. The minimum atomic E-state index is -0.200. The van der Waals surface area contributed by atoms with Crippen LogP contribution in [-0.4, -0.2) is 38.5 Å². The molecule has 0 aliphatic carbocycles. The predicted octanol–water partition coefficient (Wildman–Crippen LogP) is 2.96. The lowest BCUT2D eigenvalue weighted by molar-refractivity contribution is 0.0948. The molecule has 0 spiro atoms. The molecular formula is C20H22ClN3O2. The van der Waals surface area contributed by atoms with Crippen molar-refractivity contribution in [1.82, 2.24) is 10.6 Å². The highest BCUT2D eigenvalue weighted by atomic mass is 35.5. The molecule has 0 aromatic heterocycles. The van der Waals surface area contributed by atoms with Gasteiger partial charge in [-0.1, -0.05) is 17.7 Å². The van der Waals surface area contributed by atoms with Crippen LogP contribution in [0.25, 0.3) is 0 Å². The first-order valence-corrected chi connectivity index (χ1v) is 9.05. The zero-order valence-corrected chi connectivity index (χ0v) is 15.4. The number of nitrogens with one attached hydrogen (secondary N) is 2. The van der Waals surface area contributed by atoms with E-state index in [1.165, 1.54) is 0 Å². The summed E-state index contributed by atoms with van der Waals surface area (Å²) >= 11 is 5.94. The highest BCUT2D eigenvalue weighted by Crippen LogP contribution is 2.24. The van der Waals surface area contributed by atoms with Crippen molar-refractivity contribution in [3.05, 3.63) is 64.7 Å². The molecule has 1 aliphatic heterocycles. The molecule has 1 fully saturated rings. The van der Waals surface area contributed by atoms with Crippen molar-refractivity contribution in [2.45, 2.75) is 6.42 Å². The van der Waals surface area contributed by atoms with Crippen LogP contribution in [0.1, 0.15) is 27.1 Å². The van der Waals surface area contributed by atoms with Gasteiger partial charge in [0.05, 0.1) is 0 Å². The van der Waals surface area contributed by atoms with Crippen LogP contribution in [0, 0.1) is 5.92 Å². The minimum Gasteiger partial charge on any atom is -0.371 e. The second-order valence-electron chi connectivity index (χ2n) is 6.45. The number of nitrogens with zero attached hydrogens (tertiary/aromatic N) is 1. The number of rotatable bonds is 5. The monoisotopic (exact) mass is 371 g/mol. The molecular weight excluding hydrogens is 350 g/mol. The van der Waals surface area contributed by atoms with E-state index in [1.807, 2.05) is 24.3 Å². The van der Waals surface area contributed by atoms with Crippen LogP contribution in [0.2, 0.25) is 5.02 Å². The summed E-state index contributed by atoms with van der Waals surface area (Å²) in [6, 6.07) is 14.6. The van der Waals surface area contributed by atoms with Crippen molar-refractivity contribution in [3.63, 3.8) is 0 Å². The Morgan fingerprint density at radius 1 is 1.12 bits per heavy atom. The SMILES string of the molecule is CNC(=O)c1cccc(C(=O)NCC2CCN(c3ccc(Cl)cc3)C2)c1. The van der Waals surface area contributed by atoms with Crippen molar-refractivity contribution in [2.24, 2.45) is 5.92 Å². The standard InChI is InChI=1S/C20H22ClN3O2/c1-22-19(25)15-3-2-4-16(11-15)20(26)23-12-14-9-10-24(13-14)18-7-5-17(21)6-8-18/h2-8,11,14H,9-10,12-13H2,1H3,(H,22,25)(H,23,26). The van der Waals surface area contributed by atoms with Gasteiger partial charge < -0.3 is 15.5 Å². The molecule has 1 heterocycles. The van der Waals surface area contributed by atoms with E-state index in [0.717, 1.165) is 30.2 Å². The van der Waals surface area contributed by atoms with Gasteiger partial charge in [-0.3, -0.25) is 9.59 Å². The van der Waals surface area contributed by atoms with Gasteiger partial charge in [-0.2, -0.15) is 0 Å². The fourth-order valence-corrected chi connectivity index (χ4v) is 3.30. The van der Waals surface area contributed by atoms with Gasteiger partial charge >= 0.3 is 0 Å². The Morgan fingerprint density at radius 2 is 1.81 bits per heavy atom. The van der Waals surface area contributed by atoms with Crippen LogP contribution in [0.15, 0.2) is 48.5 Å². The number of benzene rings is 2. The number of amides is 2. The fraction of sp³-hybridized carbons (Fsp3) is 0.300. The lowest BCUT2D eigenvalue weighted by Crippen LogP contribution is -2.31. The molecule has 0 saturated carbocycles. The van der Waals surface area contributed by atoms with Crippen LogP contribution < -0.4 is 15.5 Å². The van der Waals surface area contributed by atoms with E-state index in [0.29, 0.717) is 23.6 Å². The van der Waals surface area contributed by atoms with Gasteiger partial charge in [-0.05, 0) is 54.8 Å². The Balaban J connectivity index is 1.54. The third-order valence-corrected chi connectivity index (χ3v) is 4.89. The van der Waals surface area contributed by atoms with E-state index in [9.17, 15) is 9.59 Å². The average Bonchev–Trinajstić information content (AvgIpc) is 3.15. The largest absolute Gasteiger partial charge is 0.371 e. The van der Waals surface area contributed by atoms with Crippen molar-refractivity contribution in [3.8, 4) is 0 Å². The summed E-state index contributed by atoms with van der Waals surface area (Å²) in [5.74, 6) is 0.0477. The molecule has 0 radical (unpaired) electrons. The Kier molecular flexibility index (Phi) is 5.78. The van der Waals surface area contributed by atoms with Gasteiger partial charge in [-0.15, -0.1) is 0 Å². The lowest BCUT2D eigenvalue weighted by atomic mass is 10.1. The summed E-state index contributed by atoms with van der Waals surface area (Å²) in [6.07, 6.45) is 1.03. The Bertz CT molecular complexity index is 792. The summed E-state index contributed by atoms with van der Waals surface area (Å²) < 4.78 is 0. The first-order chi connectivity index (χ1) is 12.6. The van der Waals surface area contributed by atoms with Crippen LogP contribution in [0.5, 0.6) is 0 Å². The topological polar surface area (TPSA) is 61.4 Å². The van der Waals surface area contributed by atoms with Crippen molar-refractivity contribution >= 4 is 29.1 Å². The summed E-state index contributed by atoms with van der Waals surface area (Å²) in [7, 11) is 1.57. The van der Waals surface area contributed by atoms with E-state index in [4.69, 9.17) is 11.6 Å². The molecule has 1 unspecified atom stereocenters. The molecule has 136 valence electrons. The van der Waals surface area contributed by atoms with E-state index >= 15 is 0 Å². The smallest absolute Gasteiger partial charge is 0.251 e. The van der Waals surface area contributed by atoms with Gasteiger partial charge in [0, 0.05) is 48.5 Å². The van der Waals surface area contributed by atoms with Gasteiger partial charge in [0.1, 0.15) is 0 Å². The first kappa shape index (κ1) is 18.3. The van der Waals surface area contributed by atoms with Crippen molar-refractivity contribution in [1.29, 1.82) is 0 Å². The molecule has 0 bridgehead atoms. The molecule has 5 nitrogen and oxygen atoms in total. The van der Waals surface area contributed by atoms with Gasteiger partial charge in [0.15, 0.2) is 0 Å². The van der Waals surface area contributed by atoms with Gasteiger partial charge in [0.25, 0.3) is 11.8 Å². The summed E-state index contributed by atoms with van der Waals surface area (Å²) in [6.45, 7) is 2.49. The Hall–Kier alpha value is -2.53. The fourth-order valence-electron chi connectivity index (χ4n) is 3.17. The lowest BCUT2D eigenvalue weighted by Gasteiger charge is -2.19. The molecule has 1 saturated heterocycles. The van der Waals surface area contributed by atoms with E-state index in [-0.39, 0.29) is 11.8 Å². The maximum absolute atomic E-state index is 12.4. The van der Waals surface area contributed by atoms with Crippen LogP contribution >= 0.6 is 11.6 Å². The van der Waals surface area contributed by atoms with Gasteiger partial charge in [-0.25, -0.2) is 0 Å². The Morgan fingerprint density at radius 3 is 2.50 bits per heavy atom. The van der Waals surface area contributed by atoms with E-state index < -0.39 is 0 Å². The minimum absolute atomic E-state index is 0.152. The number of carbonyl (C=O) groups excluding carboxylic acids is 2. The molecule has 3 rings (SSSR count). The van der Waals surface area contributed by atoms with Crippen molar-refractivity contribution < 1.29 is 9.59 Å². The third-order valence-electron chi connectivity index (χ3n) is 4.64. The molecule has 6 heteroatoms. The molecule has 2 N–H and O–H groups in total. The van der Waals surface area contributed by atoms with Crippen LogP contribution in [0.4, 0.5) is 5.69 Å². The maximum Gasteiger partial charge on any atom is 0.251 e.